The molecule has 0 unspecified atom stereocenters. The van der Waals surface area contributed by atoms with Crippen LogP contribution in [0.25, 0.3) is 0 Å². The molecule has 17 heavy (non-hydrogen) atoms. The third-order valence-corrected chi connectivity index (χ3v) is 2.75. The highest BCUT2D eigenvalue weighted by Crippen LogP contribution is 2.18. The zero-order chi connectivity index (χ0) is 12.3. The van der Waals surface area contributed by atoms with Crippen molar-refractivity contribution in [2.24, 2.45) is 0 Å². The minimum absolute atomic E-state index is 0.264. The van der Waals surface area contributed by atoms with Gasteiger partial charge in [0, 0.05) is 0 Å². The van der Waals surface area contributed by atoms with E-state index < -0.39 is 0 Å². The summed E-state index contributed by atoms with van der Waals surface area (Å²) in [4.78, 5) is 0. The molecule has 3 heteroatoms. The van der Waals surface area contributed by atoms with Crippen LogP contribution in [0.5, 0.6) is 5.75 Å². The number of hydrogen-bond acceptors (Lipinski definition) is 2. The monoisotopic (exact) mass is 238 g/mol. The summed E-state index contributed by atoms with van der Waals surface area (Å²) >= 11 is 0. The molecule has 0 spiro atoms. The van der Waals surface area contributed by atoms with E-state index >= 15 is 0 Å². The maximum Gasteiger partial charge on any atom is 0.122 e. The second-order valence-corrected chi connectivity index (χ2v) is 4.11. The Hall–Kier alpha value is -1.06. The summed E-state index contributed by atoms with van der Waals surface area (Å²) in [5.74, 6) is 1.02. The summed E-state index contributed by atoms with van der Waals surface area (Å²) in [5.41, 5.74) is 1.28. The Labute approximate surface area is 104 Å². The number of nitrogens with two attached hydrogens (primary N) is 1. The number of aliphatic hydroxyl groups is 1. The first-order valence-corrected chi connectivity index (χ1v) is 6.51. The molecule has 0 bridgehead atoms. The molecule has 0 aromatic heterocycles. The van der Waals surface area contributed by atoms with Gasteiger partial charge in [-0.05, 0) is 30.9 Å². The Morgan fingerprint density at radius 3 is 2.76 bits per heavy atom. The Bertz CT molecular complexity index is 302. The SMILES string of the molecule is CCc1ccccc1OCCCC[NH2+]CCO. The third-order valence-electron chi connectivity index (χ3n) is 2.75. The van der Waals surface area contributed by atoms with Crippen molar-refractivity contribution in [3.63, 3.8) is 0 Å². The Morgan fingerprint density at radius 1 is 1.18 bits per heavy atom. The summed E-state index contributed by atoms with van der Waals surface area (Å²) in [6.07, 6.45) is 3.22. The van der Waals surface area contributed by atoms with E-state index in [1.165, 1.54) is 5.56 Å². The number of hydrogen-bond donors (Lipinski definition) is 2. The minimum Gasteiger partial charge on any atom is -0.493 e. The number of aryl methyl sites for hydroxylation is 1. The average molecular weight is 238 g/mol. The standard InChI is InChI=1S/C14H23NO2/c1-2-13-7-3-4-8-14(13)17-12-6-5-9-15-10-11-16/h3-4,7-8,15-16H,2,5-6,9-12H2,1H3/p+1. The maximum atomic E-state index is 8.62. The summed E-state index contributed by atoms with van der Waals surface area (Å²) in [5, 5.41) is 10.8. The second kappa shape index (κ2) is 9.02. The molecule has 0 saturated heterocycles. The summed E-state index contributed by atoms with van der Waals surface area (Å²) < 4.78 is 5.77. The van der Waals surface area contributed by atoms with Crippen LogP contribution in [0.2, 0.25) is 0 Å². The molecule has 0 aliphatic heterocycles. The molecule has 1 aromatic rings. The number of aliphatic hydroxyl groups excluding tert-OH is 1. The number of unbranched alkanes of at least 4 members (excludes halogenated alkanes) is 1. The number of benzene rings is 1. The van der Waals surface area contributed by atoms with Crippen molar-refractivity contribution in [1.82, 2.24) is 0 Å². The fourth-order valence-electron chi connectivity index (χ4n) is 1.75. The smallest absolute Gasteiger partial charge is 0.122 e. The van der Waals surface area contributed by atoms with Crippen molar-refractivity contribution in [2.75, 3.05) is 26.3 Å². The quantitative estimate of drug-likeness (QED) is 0.630. The molecule has 3 N–H and O–H groups in total. The van der Waals surface area contributed by atoms with Gasteiger partial charge in [-0.1, -0.05) is 25.1 Å². The zero-order valence-corrected chi connectivity index (χ0v) is 10.7. The van der Waals surface area contributed by atoms with Crippen LogP contribution in [0, 0.1) is 0 Å². The molecule has 1 rings (SSSR count). The van der Waals surface area contributed by atoms with Gasteiger partial charge in [-0.2, -0.15) is 0 Å². The first-order chi connectivity index (χ1) is 8.38. The normalized spacial score (nSPS) is 10.5. The lowest BCUT2D eigenvalue weighted by molar-refractivity contribution is -0.656. The Morgan fingerprint density at radius 2 is 2.00 bits per heavy atom. The van der Waals surface area contributed by atoms with Crippen molar-refractivity contribution in [2.45, 2.75) is 26.2 Å². The highest BCUT2D eigenvalue weighted by molar-refractivity contribution is 5.33. The summed E-state index contributed by atoms with van der Waals surface area (Å²) in [6.45, 7) is 5.06. The maximum absolute atomic E-state index is 8.62. The van der Waals surface area contributed by atoms with Gasteiger partial charge in [0.2, 0.25) is 0 Å². The molecule has 0 amide bonds. The summed E-state index contributed by atoms with van der Waals surface area (Å²) in [6, 6.07) is 8.22. The number of rotatable bonds is 9. The van der Waals surface area contributed by atoms with Gasteiger partial charge >= 0.3 is 0 Å². The van der Waals surface area contributed by atoms with Gasteiger partial charge in [0.05, 0.1) is 26.3 Å². The van der Waals surface area contributed by atoms with Crippen LogP contribution < -0.4 is 10.1 Å². The van der Waals surface area contributed by atoms with E-state index in [4.69, 9.17) is 9.84 Å². The first kappa shape index (κ1) is 14.0. The van der Waals surface area contributed by atoms with E-state index in [0.29, 0.717) is 0 Å². The molecular weight excluding hydrogens is 214 g/mol. The van der Waals surface area contributed by atoms with Crippen molar-refractivity contribution in [3.8, 4) is 5.75 Å². The van der Waals surface area contributed by atoms with Crippen LogP contribution in [-0.4, -0.2) is 31.4 Å². The lowest BCUT2D eigenvalue weighted by atomic mass is 10.1. The number of ether oxygens (including phenoxy) is 1. The van der Waals surface area contributed by atoms with Crippen LogP contribution in [0.1, 0.15) is 25.3 Å². The Balaban J connectivity index is 2.13. The van der Waals surface area contributed by atoms with E-state index in [1.54, 1.807) is 0 Å². The van der Waals surface area contributed by atoms with Crippen molar-refractivity contribution < 1.29 is 15.2 Å². The van der Waals surface area contributed by atoms with Crippen LogP contribution >= 0.6 is 0 Å². The zero-order valence-electron chi connectivity index (χ0n) is 10.7. The van der Waals surface area contributed by atoms with Gasteiger partial charge in [0.25, 0.3) is 0 Å². The van der Waals surface area contributed by atoms with Crippen LogP contribution in [0.15, 0.2) is 24.3 Å². The van der Waals surface area contributed by atoms with Gasteiger partial charge in [-0.25, -0.2) is 0 Å². The van der Waals surface area contributed by atoms with Gasteiger partial charge in [0.1, 0.15) is 5.75 Å². The third kappa shape index (κ3) is 5.71. The minimum atomic E-state index is 0.264. The molecule has 0 aliphatic carbocycles. The first-order valence-electron chi connectivity index (χ1n) is 6.51. The van der Waals surface area contributed by atoms with E-state index in [9.17, 15) is 0 Å². The van der Waals surface area contributed by atoms with Crippen molar-refractivity contribution in [3.05, 3.63) is 29.8 Å². The highest BCUT2D eigenvalue weighted by Gasteiger charge is 2.00. The molecule has 0 atom stereocenters. The van der Waals surface area contributed by atoms with Crippen LogP contribution in [0.3, 0.4) is 0 Å². The molecular formula is C14H24NO2+. The second-order valence-electron chi connectivity index (χ2n) is 4.11. The van der Waals surface area contributed by atoms with Gasteiger partial charge in [-0.3, -0.25) is 0 Å². The molecule has 0 fully saturated rings. The van der Waals surface area contributed by atoms with Crippen LogP contribution in [0.4, 0.5) is 0 Å². The highest BCUT2D eigenvalue weighted by atomic mass is 16.5. The molecule has 1 aromatic carbocycles. The fraction of sp³-hybridized carbons (Fsp3) is 0.571. The predicted molar refractivity (Wildman–Crippen MR) is 69.3 cm³/mol. The molecule has 96 valence electrons. The number of quaternary nitrogens is 1. The predicted octanol–water partition coefficient (Wildman–Crippen LogP) is 0.964. The molecule has 0 radical (unpaired) electrons. The fourth-order valence-corrected chi connectivity index (χ4v) is 1.75. The summed E-state index contributed by atoms with van der Waals surface area (Å²) in [7, 11) is 0. The van der Waals surface area contributed by atoms with Crippen LogP contribution in [-0.2, 0) is 6.42 Å². The number of para-hydroxylation sites is 1. The molecule has 0 heterocycles. The molecule has 0 saturated carbocycles. The van der Waals surface area contributed by atoms with E-state index in [0.717, 1.165) is 44.7 Å². The van der Waals surface area contributed by atoms with E-state index in [-0.39, 0.29) is 6.61 Å². The average Bonchev–Trinajstić information content (AvgIpc) is 2.38. The van der Waals surface area contributed by atoms with Crippen molar-refractivity contribution >= 4 is 0 Å². The largest absolute Gasteiger partial charge is 0.493 e. The lowest BCUT2D eigenvalue weighted by Crippen LogP contribution is -2.85. The van der Waals surface area contributed by atoms with E-state index in [1.807, 2.05) is 12.1 Å². The Kier molecular flexibility index (Phi) is 7.43. The van der Waals surface area contributed by atoms with Gasteiger partial charge in [0.15, 0.2) is 0 Å². The van der Waals surface area contributed by atoms with Gasteiger partial charge in [-0.15, -0.1) is 0 Å². The van der Waals surface area contributed by atoms with Crippen molar-refractivity contribution in [1.29, 1.82) is 0 Å². The molecule has 0 aliphatic rings. The lowest BCUT2D eigenvalue weighted by Gasteiger charge is -2.09. The van der Waals surface area contributed by atoms with E-state index in [2.05, 4.69) is 24.4 Å². The topological polar surface area (TPSA) is 46.1 Å². The molecule has 3 nitrogen and oxygen atoms in total. The van der Waals surface area contributed by atoms with Gasteiger partial charge < -0.3 is 15.2 Å².